The SMILES string of the molecule is CC(Oc1ccc(N)c(C(=N)C(=O)Nc2cnn(CC3CCN(C)CC3)c2)c1)c1c(Cl)cncc1Cl. The summed E-state index contributed by atoms with van der Waals surface area (Å²) in [4.78, 5) is 19.1. The van der Waals surface area contributed by atoms with Crippen molar-refractivity contribution in [3.05, 3.63) is 64.2 Å². The summed E-state index contributed by atoms with van der Waals surface area (Å²) in [6.45, 7) is 4.76. The number of hydrogen-bond acceptors (Lipinski definition) is 7. The fourth-order valence-corrected chi connectivity index (χ4v) is 4.92. The van der Waals surface area contributed by atoms with Crippen molar-refractivity contribution in [3.63, 3.8) is 0 Å². The molecule has 36 heavy (non-hydrogen) atoms. The molecule has 1 aliphatic rings. The summed E-state index contributed by atoms with van der Waals surface area (Å²) in [5.74, 6) is 0.384. The summed E-state index contributed by atoms with van der Waals surface area (Å²) >= 11 is 12.5. The Kier molecular flexibility index (Phi) is 8.13. The number of piperidine rings is 1. The maximum absolute atomic E-state index is 12.8. The number of ether oxygens (including phenoxy) is 1. The zero-order valence-corrected chi connectivity index (χ0v) is 21.7. The molecule has 1 atom stereocenters. The van der Waals surface area contributed by atoms with E-state index < -0.39 is 12.0 Å². The highest BCUT2D eigenvalue weighted by molar-refractivity contribution is 6.48. The van der Waals surface area contributed by atoms with Crippen LogP contribution < -0.4 is 15.8 Å². The molecule has 190 valence electrons. The summed E-state index contributed by atoms with van der Waals surface area (Å²) in [6.07, 6.45) is 8.11. The molecule has 2 aromatic heterocycles. The number of pyridine rings is 1. The van der Waals surface area contributed by atoms with Crippen LogP contribution >= 0.6 is 23.2 Å². The van der Waals surface area contributed by atoms with E-state index in [1.54, 1.807) is 37.5 Å². The molecule has 4 rings (SSSR count). The second-order valence-corrected chi connectivity index (χ2v) is 9.87. The van der Waals surface area contributed by atoms with E-state index in [-0.39, 0.29) is 17.0 Å². The summed E-state index contributed by atoms with van der Waals surface area (Å²) in [6, 6.07) is 4.81. The largest absolute Gasteiger partial charge is 0.486 e. The highest BCUT2D eigenvalue weighted by Gasteiger charge is 2.21. The first-order valence-corrected chi connectivity index (χ1v) is 12.4. The van der Waals surface area contributed by atoms with Gasteiger partial charge in [0.15, 0.2) is 0 Å². The van der Waals surface area contributed by atoms with E-state index in [4.69, 9.17) is 39.1 Å². The van der Waals surface area contributed by atoms with E-state index in [0.717, 1.165) is 32.5 Å². The highest BCUT2D eigenvalue weighted by Crippen LogP contribution is 2.33. The molecule has 0 spiro atoms. The van der Waals surface area contributed by atoms with Crippen LogP contribution in [0.4, 0.5) is 11.4 Å². The fraction of sp³-hybridized carbons (Fsp3) is 0.360. The molecular weight excluding hydrogens is 501 g/mol. The molecule has 4 N–H and O–H groups in total. The van der Waals surface area contributed by atoms with E-state index >= 15 is 0 Å². The van der Waals surface area contributed by atoms with Crippen LogP contribution in [-0.4, -0.2) is 51.4 Å². The molecule has 0 radical (unpaired) electrons. The molecule has 11 heteroatoms. The van der Waals surface area contributed by atoms with Gasteiger partial charge in [-0.3, -0.25) is 19.9 Å². The van der Waals surface area contributed by atoms with Gasteiger partial charge in [0.05, 0.1) is 21.9 Å². The zero-order chi connectivity index (χ0) is 25.8. The molecule has 1 saturated heterocycles. The summed E-state index contributed by atoms with van der Waals surface area (Å²) < 4.78 is 7.83. The van der Waals surface area contributed by atoms with E-state index in [9.17, 15) is 4.79 Å². The fourth-order valence-electron chi connectivity index (χ4n) is 4.25. The van der Waals surface area contributed by atoms with Gasteiger partial charge in [0.25, 0.3) is 5.91 Å². The Balaban J connectivity index is 1.41. The lowest BCUT2D eigenvalue weighted by molar-refractivity contribution is -0.110. The first-order valence-electron chi connectivity index (χ1n) is 11.7. The van der Waals surface area contributed by atoms with Crippen LogP contribution in [0, 0.1) is 11.3 Å². The van der Waals surface area contributed by atoms with Gasteiger partial charge >= 0.3 is 0 Å². The Labute approximate surface area is 220 Å². The Morgan fingerprint density at radius 1 is 1.25 bits per heavy atom. The van der Waals surface area contributed by atoms with Crippen molar-refractivity contribution in [2.45, 2.75) is 32.4 Å². The van der Waals surface area contributed by atoms with Crippen LogP contribution in [0.15, 0.2) is 43.0 Å². The molecule has 3 heterocycles. The highest BCUT2D eigenvalue weighted by atomic mass is 35.5. The number of halogens is 2. The molecule has 3 aromatic rings. The van der Waals surface area contributed by atoms with Gasteiger partial charge in [-0.1, -0.05) is 23.2 Å². The third-order valence-corrected chi connectivity index (χ3v) is 6.91. The number of nitrogens with zero attached hydrogens (tertiary/aromatic N) is 4. The van der Waals surface area contributed by atoms with Crippen molar-refractivity contribution in [2.75, 3.05) is 31.2 Å². The van der Waals surface area contributed by atoms with E-state index in [1.807, 2.05) is 4.68 Å². The van der Waals surface area contributed by atoms with Crippen molar-refractivity contribution in [3.8, 4) is 5.75 Å². The van der Waals surface area contributed by atoms with Gasteiger partial charge in [-0.2, -0.15) is 5.10 Å². The average molecular weight is 530 g/mol. The minimum absolute atomic E-state index is 0.253. The second-order valence-electron chi connectivity index (χ2n) is 9.05. The lowest BCUT2D eigenvalue weighted by Crippen LogP contribution is -2.32. The maximum Gasteiger partial charge on any atom is 0.274 e. The van der Waals surface area contributed by atoms with Crippen molar-refractivity contribution in [2.24, 2.45) is 5.92 Å². The van der Waals surface area contributed by atoms with Gasteiger partial charge in [-0.05, 0) is 64.0 Å². The van der Waals surface area contributed by atoms with E-state index in [2.05, 4.69) is 27.3 Å². The number of benzene rings is 1. The number of hydrogen-bond donors (Lipinski definition) is 3. The van der Waals surface area contributed by atoms with Crippen LogP contribution in [0.1, 0.15) is 37.0 Å². The first kappa shape index (κ1) is 25.9. The van der Waals surface area contributed by atoms with Gasteiger partial charge < -0.3 is 20.7 Å². The average Bonchev–Trinajstić information content (AvgIpc) is 3.27. The monoisotopic (exact) mass is 529 g/mol. The van der Waals surface area contributed by atoms with Gasteiger partial charge in [0.1, 0.15) is 17.6 Å². The number of nitrogens with one attached hydrogen (secondary N) is 2. The number of rotatable bonds is 8. The van der Waals surface area contributed by atoms with Crippen LogP contribution in [0.25, 0.3) is 0 Å². The predicted octanol–water partition coefficient (Wildman–Crippen LogP) is 4.66. The number of likely N-dealkylation sites (tertiary alicyclic amines) is 1. The van der Waals surface area contributed by atoms with Gasteiger partial charge in [0, 0.05) is 41.9 Å². The summed E-state index contributed by atoms with van der Waals surface area (Å²) in [5, 5.41) is 16.3. The molecule has 0 saturated carbocycles. The van der Waals surface area contributed by atoms with Gasteiger partial charge in [0.2, 0.25) is 0 Å². The molecular formula is C25H29Cl2N7O2. The molecule has 0 aliphatic carbocycles. The van der Waals surface area contributed by atoms with Crippen LogP contribution in [0.5, 0.6) is 5.75 Å². The van der Waals surface area contributed by atoms with E-state index in [0.29, 0.717) is 33.0 Å². The minimum Gasteiger partial charge on any atom is -0.486 e. The third kappa shape index (κ3) is 6.16. The number of carbonyl (C=O) groups excluding carboxylic acids is 1. The molecule has 9 nitrogen and oxygen atoms in total. The molecule has 0 bridgehead atoms. The van der Waals surface area contributed by atoms with Crippen LogP contribution in [0.3, 0.4) is 0 Å². The molecule has 1 fully saturated rings. The second kappa shape index (κ2) is 11.3. The maximum atomic E-state index is 12.8. The molecule has 1 unspecified atom stereocenters. The Hall–Kier alpha value is -3.14. The number of nitrogen functional groups attached to an aromatic ring is 1. The normalized spacial score (nSPS) is 15.4. The summed E-state index contributed by atoms with van der Waals surface area (Å²) in [7, 11) is 2.13. The van der Waals surface area contributed by atoms with Crippen LogP contribution in [0.2, 0.25) is 10.0 Å². The van der Waals surface area contributed by atoms with E-state index in [1.165, 1.54) is 12.4 Å². The van der Waals surface area contributed by atoms with Crippen LogP contribution in [-0.2, 0) is 11.3 Å². The van der Waals surface area contributed by atoms with Crippen molar-refractivity contribution < 1.29 is 9.53 Å². The topological polar surface area (TPSA) is 122 Å². The zero-order valence-electron chi connectivity index (χ0n) is 20.2. The molecule has 1 aliphatic heterocycles. The smallest absolute Gasteiger partial charge is 0.274 e. The number of amides is 1. The predicted molar refractivity (Wildman–Crippen MR) is 142 cm³/mol. The molecule has 1 amide bonds. The first-order chi connectivity index (χ1) is 17.2. The standard InChI is InChI=1S/C25H29Cl2N7O2/c1-15(23-20(26)11-30-12-21(23)27)36-18-3-4-22(28)19(9-18)24(29)25(35)32-17-10-31-34(14-17)13-16-5-7-33(2)8-6-16/h3-4,9-12,14-16,29H,5-8,13,28H2,1-2H3,(H,32,35). The number of aromatic nitrogens is 3. The Morgan fingerprint density at radius 2 is 1.94 bits per heavy atom. The molecule has 1 aromatic carbocycles. The van der Waals surface area contributed by atoms with Gasteiger partial charge in [-0.25, -0.2) is 0 Å². The van der Waals surface area contributed by atoms with Gasteiger partial charge in [-0.15, -0.1) is 0 Å². The number of nitrogens with two attached hydrogens (primary N) is 1. The van der Waals surface area contributed by atoms with Crippen molar-refractivity contribution in [1.82, 2.24) is 19.7 Å². The Morgan fingerprint density at radius 3 is 2.64 bits per heavy atom. The lowest BCUT2D eigenvalue weighted by Gasteiger charge is -2.28. The van der Waals surface area contributed by atoms with Crippen molar-refractivity contribution >= 4 is 46.2 Å². The quantitative estimate of drug-likeness (QED) is 0.288. The van der Waals surface area contributed by atoms with Crippen molar-refractivity contribution in [1.29, 1.82) is 5.41 Å². The Bertz CT molecular complexity index is 1230. The lowest BCUT2D eigenvalue weighted by atomic mass is 9.97. The summed E-state index contributed by atoms with van der Waals surface area (Å²) in [5.41, 5.74) is 7.46. The third-order valence-electron chi connectivity index (χ3n) is 6.31. The minimum atomic E-state index is -0.592. The number of carbonyl (C=O) groups is 1. The number of anilines is 2.